The van der Waals surface area contributed by atoms with Crippen molar-refractivity contribution in [3.05, 3.63) is 0 Å². The summed E-state index contributed by atoms with van der Waals surface area (Å²) in [7, 11) is 0. The minimum absolute atomic E-state index is 0.0828. The molecule has 0 radical (unpaired) electrons. The number of nitrogens with zero attached hydrogens (tertiary/aromatic N) is 2. The van der Waals surface area contributed by atoms with Gasteiger partial charge in [0.05, 0.1) is 0 Å². The lowest BCUT2D eigenvalue weighted by Gasteiger charge is -2.36. The van der Waals surface area contributed by atoms with E-state index in [4.69, 9.17) is 0 Å². The van der Waals surface area contributed by atoms with Gasteiger partial charge in [0.15, 0.2) is 5.66 Å². The van der Waals surface area contributed by atoms with E-state index in [1.807, 2.05) is 0 Å². The summed E-state index contributed by atoms with van der Waals surface area (Å²) in [5.41, 5.74) is 0.931. The van der Waals surface area contributed by atoms with Gasteiger partial charge in [-0.15, -0.1) is 0 Å². The maximum absolute atomic E-state index is 4.31. The number of fused-ring (bicyclic) bond motifs is 3. The molecule has 2 bridgehead atoms. The Balaban J connectivity index is 2.12. The Bertz CT molecular complexity index is 274. The van der Waals surface area contributed by atoms with Crippen LogP contribution in [-0.2, 0) is 0 Å². The highest BCUT2D eigenvalue weighted by molar-refractivity contribution is 5.23. The topological polar surface area (TPSA) is 24.7 Å². The van der Waals surface area contributed by atoms with E-state index in [0.29, 0.717) is 10.8 Å². The van der Waals surface area contributed by atoms with Crippen LogP contribution in [0.25, 0.3) is 0 Å². The minimum atomic E-state index is 0.0828. The molecule has 0 aromatic heterocycles. The molecule has 2 nitrogen and oxygen atoms in total. The fourth-order valence-electron chi connectivity index (χ4n) is 3.60. The van der Waals surface area contributed by atoms with Gasteiger partial charge < -0.3 is 0 Å². The summed E-state index contributed by atoms with van der Waals surface area (Å²) in [6.07, 6.45) is 3.96. The molecule has 0 N–H and O–H groups in total. The smallest absolute Gasteiger partial charge is 0.158 e. The van der Waals surface area contributed by atoms with Crippen LogP contribution in [0, 0.1) is 16.7 Å². The van der Waals surface area contributed by atoms with Crippen LogP contribution in [0.4, 0.5) is 0 Å². The summed E-state index contributed by atoms with van der Waals surface area (Å²) < 4.78 is 0. The first-order valence-electron chi connectivity index (χ1n) is 4.96. The molecule has 2 atom stereocenters. The van der Waals surface area contributed by atoms with Crippen molar-refractivity contribution in [2.45, 2.75) is 45.7 Å². The monoisotopic (exact) mass is 164 g/mol. The van der Waals surface area contributed by atoms with Crippen LogP contribution in [0.15, 0.2) is 10.2 Å². The molecule has 0 amide bonds. The van der Waals surface area contributed by atoms with Crippen LogP contribution in [0.1, 0.15) is 40.0 Å². The van der Waals surface area contributed by atoms with Gasteiger partial charge in [0.25, 0.3) is 0 Å². The summed E-state index contributed by atoms with van der Waals surface area (Å²) in [4.78, 5) is 0. The third-order valence-electron chi connectivity index (χ3n) is 5.19. The Kier molecular flexibility index (Phi) is 0.875. The van der Waals surface area contributed by atoms with Gasteiger partial charge >= 0.3 is 0 Å². The molecular formula is C10H16N2. The molecule has 2 heteroatoms. The zero-order chi connectivity index (χ0) is 8.61. The van der Waals surface area contributed by atoms with E-state index in [2.05, 4.69) is 31.0 Å². The van der Waals surface area contributed by atoms with Crippen molar-refractivity contribution < 1.29 is 0 Å². The third kappa shape index (κ3) is 0.453. The molecule has 1 spiro atoms. The van der Waals surface area contributed by atoms with E-state index < -0.39 is 0 Å². The molecule has 3 aliphatic rings. The van der Waals surface area contributed by atoms with Crippen molar-refractivity contribution in [1.29, 1.82) is 0 Å². The molecule has 2 saturated carbocycles. The molecule has 12 heavy (non-hydrogen) atoms. The molecule has 0 unspecified atom stereocenters. The predicted octanol–water partition coefficient (Wildman–Crippen LogP) is 2.99. The van der Waals surface area contributed by atoms with E-state index >= 15 is 0 Å². The Morgan fingerprint density at radius 1 is 1.17 bits per heavy atom. The average molecular weight is 164 g/mol. The normalized spacial score (nSPS) is 50.4. The summed E-state index contributed by atoms with van der Waals surface area (Å²) in [6.45, 7) is 7.20. The van der Waals surface area contributed by atoms with Gasteiger partial charge in [-0.1, -0.05) is 20.8 Å². The number of hydrogen-bond donors (Lipinski definition) is 0. The van der Waals surface area contributed by atoms with Crippen molar-refractivity contribution >= 4 is 0 Å². The second-order valence-electron chi connectivity index (χ2n) is 5.51. The second-order valence-corrected chi connectivity index (χ2v) is 5.51. The molecular weight excluding hydrogens is 148 g/mol. The summed E-state index contributed by atoms with van der Waals surface area (Å²) in [5, 5.41) is 8.62. The molecule has 3 rings (SSSR count). The zero-order valence-corrected chi connectivity index (χ0v) is 8.09. The molecule has 2 fully saturated rings. The lowest BCUT2D eigenvalue weighted by molar-refractivity contribution is 0.118. The van der Waals surface area contributed by atoms with Crippen LogP contribution in [-0.4, -0.2) is 5.66 Å². The largest absolute Gasteiger partial charge is 0.197 e. The van der Waals surface area contributed by atoms with Crippen molar-refractivity contribution in [2.75, 3.05) is 0 Å². The Morgan fingerprint density at radius 3 is 2.08 bits per heavy atom. The van der Waals surface area contributed by atoms with Gasteiger partial charge in [0, 0.05) is 11.8 Å². The Labute approximate surface area is 73.5 Å². The van der Waals surface area contributed by atoms with Crippen molar-refractivity contribution in [3.63, 3.8) is 0 Å². The maximum atomic E-state index is 4.31. The average Bonchev–Trinajstić information content (AvgIpc) is 2.69. The van der Waals surface area contributed by atoms with Crippen LogP contribution < -0.4 is 0 Å². The van der Waals surface area contributed by atoms with Crippen molar-refractivity contribution in [2.24, 2.45) is 27.0 Å². The van der Waals surface area contributed by atoms with E-state index in [1.165, 1.54) is 19.3 Å². The Morgan fingerprint density at radius 2 is 1.83 bits per heavy atom. The first-order chi connectivity index (χ1) is 5.52. The van der Waals surface area contributed by atoms with Crippen LogP contribution in [0.5, 0.6) is 0 Å². The third-order valence-corrected chi connectivity index (χ3v) is 5.19. The van der Waals surface area contributed by atoms with Gasteiger partial charge in [-0.05, 0) is 24.2 Å². The number of rotatable bonds is 0. The van der Waals surface area contributed by atoms with Gasteiger partial charge in [-0.2, -0.15) is 10.2 Å². The molecule has 0 aromatic carbocycles. The van der Waals surface area contributed by atoms with Gasteiger partial charge in [0.1, 0.15) is 0 Å². The highest BCUT2D eigenvalue weighted by Crippen LogP contribution is 2.74. The zero-order valence-electron chi connectivity index (χ0n) is 8.09. The quantitative estimate of drug-likeness (QED) is 0.526. The SMILES string of the molecule is CC1(C)[C@@H]2CC[C@@]1(C)C1(C2)N=N1. The molecule has 2 aliphatic carbocycles. The highest BCUT2D eigenvalue weighted by atomic mass is 15.5. The van der Waals surface area contributed by atoms with E-state index in [0.717, 1.165) is 5.92 Å². The van der Waals surface area contributed by atoms with Crippen LogP contribution >= 0.6 is 0 Å². The van der Waals surface area contributed by atoms with Crippen molar-refractivity contribution in [1.82, 2.24) is 0 Å². The van der Waals surface area contributed by atoms with E-state index in [1.54, 1.807) is 0 Å². The predicted molar refractivity (Wildman–Crippen MR) is 46.8 cm³/mol. The lowest BCUT2D eigenvalue weighted by Crippen LogP contribution is -2.37. The maximum Gasteiger partial charge on any atom is 0.197 e. The lowest BCUT2D eigenvalue weighted by atomic mass is 9.68. The summed E-state index contributed by atoms with van der Waals surface area (Å²) in [5.74, 6) is 0.873. The van der Waals surface area contributed by atoms with Gasteiger partial charge in [-0.25, -0.2) is 0 Å². The van der Waals surface area contributed by atoms with Crippen LogP contribution in [0.2, 0.25) is 0 Å². The molecule has 1 aliphatic heterocycles. The standard InChI is InChI=1S/C10H16N2/c1-8(2)7-4-5-9(8,3)10(6-7)11-12-10/h7H,4-6H2,1-3H3/t7-,9-/m1/s1. The first kappa shape index (κ1) is 7.05. The number of hydrogen-bond acceptors (Lipinski definition) is 2. The fraction of sp³-hybridized carbons (Fsp3) is 1.00. The van der Waals surface area contributed by atoms with Gasteiger partial charge in [0.2, 0.25) is 0 Å². The molecule has 1 heterocycles. The molecule has 0 saturated heterocycles. The highest BCUT2D eigenvalue weighted by Gasteiger charge is 2.73. The summed E-state index contributed by atoms with van der Waals surface area (Å²) in [6, 6.07) is 0. The molecule has 0 aromatic rings. The van der Waals surface area contributed by atoms with Crippen molar-refractivity contribution in [3.8, 4) is 0 Å². The fourth-order valence-corrected chi connectivity index (χ4v) is 3.60. The second kappa shape index (κ2) is 1.49. The molecule has 66 valence electrons. The van der Waals surface area contributed by atoms with E-state index in [-0.39, 0.29) is 5.66 Å². The summed E-state index contributed by atoms with van der Waals surface area (Å²) >= 11 is 0. The van der Waals surface area contributed by atoms with Gasteiger partial charge in [-0.3, -0.25) is 0 Å². The minimum Gasteiger partial charge on any atom is -0.158 e. The Hall–Kier alpha value is -0.400. The van der Waals surface area contributed by atoms with Crippen LogP contribution in [0.3, 0.4) is 0 Å². The first-order valence-corrected chi connectivity index (χ1v) is 4.96. The van der Waals surface area contributed by atoms with E-state index in [9.17, 15) is 0 Å².